The molecule has 0 radical (unpaired) electrons. The lowest BCUT2D eigenvalue weighted by atomic mass is 10.0. The molecule has 1 atom stereocenters. The van der Waals surface area contributed by atoms with E-state index >= 15 is 0 Å². The lowest BCUT2D eigenvalue weighted by Crippen LogP contribution is -2.39. The summed E-state index contributed by atoms with van der Waals surface area (Å²) in [4.78, 5) is 24.1. The Bertz CT molecular complexity index is 1070. The predicted molar refractivity (Wildman–Crippen MR) is 119 cm³/mol. The molecule has 0 unspecified atom stereocenters. The van der Waals surface area contributed by atoms with E-state index < -0.39 is 10.2 Å². The maximum atomic E-state index is 12.8. The van der Waals surface area contributed by atoms with Crippen LogP contribution in [0.2, 0.25) is 0 Å². The summed E-state index contributed by atoms with van der Waals surface area (Å²) >= 11 is 0. The van der Waals surface area contributed by atoms with Crippen molar-refractivity contribution < 1.29 is 13.2 Å². The van der Waals surface area contributed by atoms with E-state index in [2.05, 4.69) is 12.1 Å². The van der Waals surface area contributed by atoms with Crippen LogP contribution in [0.4, 0.5) is 5.82 Å². The number of aromatic nitrogens is 2. The average Bonchev–Trinajstić information content (AvgIpc) is 3.24. The zero-order valence-electron chi connectivity index (χ0n) is 18.3. The van der Waals surface area contributed by atoms with Gasteiger partial charge in [0.15, 0.2) is 0 Å². The van der Waals surface area contributed by atoms with Gasteiger partial charge in [0.25, 0.3) is 10.2 Å². The van der Waals surface area contributed by atoms with Crippen LogP contribution in [0.15, 0.2) is 30.3 Å². The lowest BCUT2D eigenvalue weighted by molar-refractivity contribution is -0.118. The molecule has 0 saturated carbocycles. The zero-order chi connectivity index (χ0) is 22.2. The number of amides is 1. The van der Waals surface area contributed by atoms with Gasteiger partial charge < -0.3 is 0 Å². The number of anilines is 1. The molecule has 2 aliphatic heterocycles. The molecule has 2 aromatic rings. The molecule has 1 amide bonds. The van der Waals surface area contributed by atoms with Crippen LogP contribution in [-0.4, -0.2) is 66.6 Å². The first kappa shape index (κ1) is 21.9. The molecule has 4 rings (SSSR count). The summed E-state index contributed by atoms with van der Waals surface area (Å²) in [6.45, 7) is 3.33. The highest BCUT2D eigenvalue weighted by atomic mass is 32.2. The lowest BCUT2D eigenvalue weighted by Gasteiger charge is -2.30. The number of aryl methyl sites for hydroxylation is 1. The van der Waals surface area contributed by atoms with Crippen molar-refractivity contribution in [2.24, 2.45) is 0 Å². The summed E-state index contributed by atoms with van der Waals surface area (Å²) in [7, 11) is -0.377. The number of nitrogens with zero attached hydrogens (tertiary/aromatic N) is 5. The van der Waals surface area contributed by atoms with Gasteiger partial charge in [-0.25, -0.2) is 9.97 Å². The van der Waals surface area contributed by atoms with Crippen molar-refractivity contribution in [1.82, 2.24) is 18.6 Å². The number of rotatable bonds is 6. The Hall–Kier alpha value is -2.36. The summed E-state index contributed by atoms with van der Waals surface area (Å²) in [5.41, 5.74) is 3.08. The molecule has 0 aliphatic carbocycles. The Morgan fingerprint density at radius 2 is 1.87 bits per heavy atom. The number of carbonyl (C=O) groups is 1. The molecule has 1 aromatic carbocycles. The minimum absolute atomic E-state index is 0.0771. The molecule has 2 aliphatic rings. The third-order valence-electron chi connectivity index (χ3n) is 6.13. The van der Waals surface area contributed by atoms with Gasteiger partial charge in [0, 0.05) is 57.3 Å². The summed E-state index contributed by atoms with van der Waals surface area (Å²) < 4.78 is 27.7. The van der Waals surface area contributed by atoms with E-state index in [1.54, 1.807) is 19.0 Å². The summed E-state index contributed by atoms with van der Waals surface area (Å²) in [5, 5.41) is 0. The number of benzene rings is 1. The van der Waals surface area contributed by atoms with E-state index in [9.17, 15) is 13.2 Å². The Labute approximate surface area is 184 Å². The van der Waals surface area contributed by atoms with E-state index in [1.807, 2.05) is 25.1 Å². The first-order valence-corrected chi connectivity index (χ1v) is 12.1. The molecule has 1 fully saturated rings. The molecular formula is C22H29N5O3S. The average molecular weight is 444 g/mol. The van der Waals surface area contributed by atoms with Gasteiger partial charge in [-0.2, -0.15) is 17.0 Å². The second-order valence-corrected chi connectivity index (χ2v) is 10.5. The van der Waals surface area contributed by atoms with E-state index in [4.69, 9.17) is 9.97 Å². The molecule has 166 valence electrons. The third kappa shape index (κ3) is 4.35. The minimum Gasteiger partial charge on any atom is -0.296 e. The number of hydrogen-bond acceptors (Lipinski definition) is 5. The standard InChI is InChI=1S/C22H29N5O3S/c1-16-19-9-10-20(28)27(14-11-17-7-5-4-6-8-17)22(19)24-21(23-16)18-12-13-26(15-18)31(29,30)25(2)3/h4-8,18H,9-15H2,1-3H3/t18-/m0/s1. The molecule has 3 heterocycles. The highest BCUT2D eigenvalue weighted by Crippen LogP contribution is 2.33. The second kappa shape index (κ2) is 8.64. The Morgan fingerprint density at radius 1 is 1.13 bits per heavy atom. The fourth-order valence-electron chi connectivity index (χ4n) is 4.28. The second-order valence-electron chi connectivity index (χ2n) is 8.38. The molecule has 31 heavy (non-hydrogen) atoms. The van der Waals surface area contributed by atoms with Gasteiger partial charge in [-0.15, -0.1) is 0 Å². The summed E-state index contributed by atoms with van der Waals surface area (Å²) in [6, 6.07) is 10.1. The van der Waals surface area contributed by atoms with Gasteiger partial charge >= 0.3 is 0 Å². The maximum Gasteiger partial charge on any atom is 0.281 e. The third-order valence-corrected chi connectivity index (χ3v) is 8.03. The van der Waals surface area contributed by atoms with Gasteiger partial charge in [-0.1, -0.05) is 30.3 Å². The minimum atomic E-state index is -3.46. The molecule has 1 aromatic heterocycles. The van der Waals surface area contributed by atoms with Crippen LogP contribution in [0.3, 0.4) is 0 Å². The monoisotopic (exact) mass is 443 g/mol. The van der Waals surface area contributed by atoms with E-state index in [1.165, 1.54) is 14.2 Å². The Balaban J connectivity index is 1.59. The van der Waals surface area contributed by atoms with Gasteiger partial charge in [0.2, 0.25) is 5.91 Å². The molecule has 9 heteroatoms. The highest BCUT2D eigenvalue weighted by molar-refractivity contribution is 7.86. The molecule has 1 saturated heterocycles. The van der Waals surface area contributed by atoms with E-state index in [0.29, 0.717) is 50.5 Å². The van der Waals surface area contributed by atoms with Crippen LogP contribution in [0.5, 0.6) is 0 Å². The van der Waals surface area contributed by atoms with Crippen LogP contribution in [0.1, 0.15) is 41.4 Å². The summed E-state index contributed by atoms with van der Waals surface area (Å²) in [6.07, 6.45) is 2.53. The normalized spacial score (nSPS) is 19.8. The van der Waals surface area contributed by atoms with Gasteiger partial charge in [0.1, 0.15) is 11.6 Å². The Morgan fingerprint density at radius 3 is 2.58 bits per heavy atom. The predicted octanol–water partition coefficient (Wildman–Crippen LogP) is 1.90. The van der Waals surface area contributed by atoms with Gasteiger partial charge in [-0.05, 0) is 31.7 Å². The largest absolute Gasteiger partial charge is 0.296 e. The quantitative estimate of drug-likeness (QED) is 0.681. The molecular weight excluding hydrogens is 414 g/mol. The van der Waals surface area contributed by atoms with Crippen molar-refractivity contribution in [3.05, 3.63) is 53.0 Å². The van der Waals surface area contributed by atoms with Crippen molar-refractivity contribution in [2.45, 2.75) is 38.5 Å². The van der Waals surface area contributed by atoms with Crippen molar-refractivity contribution in [1.29, 1.82) is 0 Å². The van der Waals surface area contributed by atoms with Crippen molar-refractivity contribution in [3.8, 4) is 0 Å². The topological polar surface area (TPSA) is 86.7 Å². The number of carbonyl (C=O) groups excluding carboxylic acids is 1. The number of fused-ring (bicyclic) bond motifs is 1. The van der Waals surface area contributed by atoms with Crippen LogP contribution in [0, 0.1) is 6.92 Å². The van der Waals surface area contributed by atoms with E-state index in [0.717, 1.165) is 17.7 Å². The first-order valence-electron chi connectivity index (χ1n) is 10.7. The molecule has 0 bridgehead atoms. The summed E-state index contributed by atoms with van der Waals surface area (Å²) in [5.74, 6) is 1.33. The zero-order valence-corrected chi connectivity index (χ0v) is 19.1. The molecule has 8 nitrogen and oxygen atoms in total. The molecule has 0 spiro atoms. The van der Waals surface area contributed by atoms with Crippen LogP contribution >= 0.6 is 0 Å². The maximum absolute atomic E-state index is 12.8. The van der Waals surface area contributed by atoms with Gasteiger partial charge in [-0.3, -0.25) is 9.69 Å². The van der Waals surface area contributed by atoms with Crippen molar-refractivity contribution >= 4 is 21.9 Å². The fraction of sp³-hybridized carbons (Fsp3) is 0.500. The Kier molecular flexibility index (Phi) is 6.09. The first-order chi connectivity index (χ1) is 14.8. The smallest absolute Gasteiger partial charge is 0.281 e. The van der Waals surface area contributed by atoms with Crippen molar-refractivity contribution in [3.63, 3.8) is 0 Å². The SMILES string of the molecule is Cc1nc([C@H]2CCN(S(=O)(=O)N(C)C)C2)nc2c1CCC(=O)N2CCc1ccccc1. The van der Waals surface area contributed by atoms with Crippen LogP contribution in [0.25, 0.3) is 0 Å². The van der Waals surface area contributed by atoms with Crippen LogP contribution in [-0.2, 0) is 27.8 Å². The fourth-order valence-corrected chi connectivity index (χ4v) is 5.45. The van der Waals surface area contributed by atoms with Crippen LogP contribution < -0.4 is 4.90 Å². The van der Waals surface area contributed by atoms with Gasteiger partial charge in [0.05, 0.1) is 0 Å². The number of hydrogen-bond donors (Lipinski definition) is 0. The van der Waals surface area contributed by atoms with Crippen molar-refractivity contribution in [2.75, 3.05) is 38.6 Å². The molecule has 0 N–H and O–H groups in total. The van der Waals surface area contributed by atoms with E-state index in [-0.39, 0.29) is 11.8 Å². The highest BCUT2D eigenvalue weighted by Gasteiger charge is 2.36.